The van der Waals surface area contributed by atoms with Crippen LogP contribution in [0.1, 0.15) is 24.0 Å². The molecule has 0 spiro atoms. The van der Waals surface area contributed by atoms with Gasteiger partial charge in [-0.3, -0.25) is 14.9 Å². The number of nitrogens with zero attached hydrogens (tertiary/aromatic N) is 4. The second kappa shape index (κ2) is 17.2. The van der Waals surface area contributed by atoms with E-state index in [0.717, 1.165) is 71.9 Å². The molecule has 0 aliphatic carbocycles. The molecular weight excluding hydrogens is 672 g/mol. The second-order valence-corrected chi connectivity index (χ2v) is 12.8. The number of piperidine rings is 1. The fraction of sp³-hybridized carbons (Fsp3) is 0.333. The summed E-state index contributed by atoms with van der Waals surface area (Å²) in [4.78, 5) is 14.3. The van der Waals surface area contributed by atoms with Gasteiger partial charge in [0.1, 0.15) is 5.75 Å². The number of likely N-dealkylation sites (tertiary alicyclic amines) is 1. The maximum Gasteiger partial charge on any atom is 0.203 e. The van der Waals surface area contributed by atoms with Gasteiger partial charge in [0, 0.05) is 73.2 Å². The van der Waals surface area contributed by atoms with Crippen molar-refractivity contribution in [2.24, 2.45) is 0 Å². The number of benzene rings is 3. The normalized spacial score (nSPS) is 13.3. The van der Waals surface area contributed by atoms with Crippen LogP contribution in [0.2, 0.25) is 0 Å². The smallest absolute Gasteiger partial charge is 0.203 e. The lowest BCUT2D eigenvalue weighted by Gasteiger charge is -2.40. The molecule has 278 valence electrons. The Labute approximate surface area is 312 Å². The lowest BCUT2D eigenvalue weighted by molar-refractivity contribution is 0.201. The summed E-state index contributed by atoms with van der Waals surface area (Å²) in [5.41, 5.74) is 7.00. The zero-order valence-corrected chi connectivity index (χ0v) is 31.5. The predicted molar refractivity (Wildman–Crippen MR) is 206 cm³/mol. The summed E-state index contributed by atoms with van der Waals surface area (Å²) in [6, 6.07) is 22.8. The van der Waals surface area contributed by atoms with Gasteiger partial charge in [-0.05, 0) is 90.7 Å². The molecule has 1 saturated heterocycles. The summed E-state index contributed by atoms with van der Waals surface area (Å²) in [5, 5.41) is 0. The minimum Gasteiger partial charge on any atom is -0.497 e. The number of ether oxygens (including phenoxy) is 7. The topological polar surface area (TPSA) is 96.9 Å². The molecule has 0 atom stereocenters. The van der Waals surface area contributed by atoms with E-state index in [9.17, 15) is 0 Å². The molecule has 1 aliphatic rings. The highest BCUT2D eigenvalue weighted by Gasteiger charge is 2.26. The third kappa shape index (κ3) is 8.20. The van der Waals surface area contributed by atoms with Crippen molar-refractivity contribution in [1.29, 1.82) is 0 Å². The van der Waals surface area contributed by atoms with Crippen LogP contribution in [0.15, 0.2) is 85.3 Å². The van der Waals surface area contributed by atoms with E-state index in [4.69, 9.17) is 33.2 Å². The highest BCUT2D eigenvalue weighted by molar-refractivity contribution is 5.76. The molecule has 0 unspecified atom stereocenters. The summed E-state index contributed by atoms with van der Waals surface area (Å²) >= 11 is 0. The summed E-state index contributed by atoms with van der Waals surface area (Å²) in [5.74, 6) is 4.35. The van der Waals surface area contributed by atoms with Gasteiger partial charge in [0.15, 0.2) is 23.0 Å². The molecule has 1 fully saturated rings. The Balaban J connectivity index is 1.20. The van der Waals surface area contributed by atoms with Crippen LogP contribution in [0, 0.1) is 0 Å². The fourth-order valence-corrected chi connectivity index (χ4v) is 7.06. The van der Waals surface area contributed by atoms with E-state index in [1.807, 2.05) is 55.0 Å². The van der Waals surface area contributed by atoms with Crippen molar-refractivity contribution in [2.75, 3.05) is 67.8 Å². The largest absolute Gasteiger partial charge is 0.497 e. The molecule has 2 aromatic heterocycles. The van der Waals surface area contributed by atoms with Crippen LogP contribution >= 0.6 is 0 Å². The Morgan fingerprint density at radius 1 is 0.623 bits per heavy atom. The van der Waals surface area contributed by atoms with Crippen molar-refractivity contribution >= 4 is 5.69 Å². The van der Waals surface area contributed by atoms with Gasteiger partial charge in [-0.2, -0.15) is 0 Å². The highest BCUT2D eigenvalue weighted by atomic mass is 16.5. The number of pyridine rings is 2. The number of hydrogen-bond acceptors (Lipinski definition) is 11. The zero-order chi connectivity index (χ0) is 37.3. The first-order chi connectivity index (χ1) is 25.9. The van der Waals surface area contributed by atoms with Crippen LogP contribution in [-0.4, -0.2) is 83.8 Å². The Bertz CT molecular complexity index is 1950. The molecule has 3 heterocycles. The van der Waals surface area contributed by atoms with Crippen LogP contribution < -0.4 is 38.1 Å². The lowest BCUT2D eigenvalue weighted by Crippen LogP contribution is -2.44. The average Bonchev–Trinajstić information content (AvgIpc) is 3.22. The van der Waals surface area contributed by atoms with Crippen molar-refractivity contribution in [2.45, 2.75) is 32.0 Å². The first-order valence-corrected chi connectivity index (χ1v) is 17.5. The van der Waals surface area contributed by atoms with Crippen LogP contribution in [0.5, 0.6) is 40.2 Å². The number of methoxy groups -OCH3 is 7. The first-order valence-electron chi connectivity index (χ1n) is 17.5. The standard InChI is InChI=1S/C42H48N4O7/c1-47-34-10-8-32(9-11-34)46(27-29-20-31(25-43-24-29)35-12-13-37(48-2)42(53-7)40(35)51-5)33-15-18-45(19-16-33)26-28-14-17-44-36(21-28)30-22-38(49-3)41(52-6)39(23-30)50-4/h8-14,17,20-25,33H,15-16,18-19,26-27H2,1-7H3. The van der Waals surface area contributed by atoms with Crippen molar-refractivity contribution in [1.82, 2.24) is 14.9 Å². The van der Waals surface area contributed by atoms with Gasteiger partial charge >= 0.3 is 0 Å². The molecule has 0 amide bonds. The molecule has 53 heavy (non-hydrogen) atoms. The van der Waals surface area contributed by atoms with Crippen LogP contribution in [0.25, 0.3) is 22.4 Å². The van der Waals surface area contributed by atoms with Crippen LogP contribution in [0.3, 0.4) is 0 Å². The Morgan fingerprint density at radius 3 is 1.92 bits per heavy atom. The second-order valence-electron chi connectivity index (χ2n) is 12.8. The summed E-state index contributed by atoms with van der Waals surface area (Å²) in [6.45, 7) is 3.44. The molecule has 0 saturated carbocycles. The van der Waals surface area contributed by atoms with E-state index >= 15 is 0 Å². The number of hydrogen-bond donors (Lipinski definition) is 0. The van der Waals surface area contributed by atoms with E-state index in [1.165, 1.54) is 5.56 Å². The summed E-state index contributed by atoms with van der Waals surface area (Å²) < 4.78 is 39.1. The van der Waals surface area contributed by atoms with Crippen molar-refractivity contribution in [3.63, 3.8) is 0 Å². The molecule has 11 nitrogen and oxygen atoms in total. The van der Waals surface area contributed by atoms with Crippen molar-refractivity contribution < 1.29 is 33.2 Å². The van der Waals surface area contributed by atoms with E-state index in [1.54, 1.807) is 49.8 Å². The van der Waals surface area contributed by atoms with Gasteiger partial charge in [-0.15, -0.1) is 0 Å². The minimum absolute atomic E-state index is 0.325. The van der Waals surface area contributed by atoms with E-state index in [-0.39, 0.29) is 0 Å². The Kier molecular flexibility index (Phi) is 12.1. The van der Waals surface area contributed by atoms with Gasteiger partial charge < -0.3 is 38.1 Å². The zero-order valence-electron chi connectivity index (χ0n) is 31.5. The van der Waals surface area contributed by atoms with Gasteiger partial charge in [-0.25, -0.2) is 0 Å². The van der Waals surface area contributed by atoms with Gasteiger partial charge in [0.05, 0.1) is 55.5 Å². The van der Waals surface area contributed by atoms with Gasteiger partial charge in [0.2, 0.25) is 11.5 Å². The monoisotopic (exact) mass is 720 g/mol. The molecular formula is C42H48N4O7. The lowest BCUT2D eigenvalue weighted by atomic mass is 9.99. The summed E-state index contributed by atoms with van der Waals surface area (Å²) in [6.07, 6.45) is 7.68. The van der Waals surface area contributed by atoms with Gasteiger partial charge in [-0.1, -0.05) is 0 Å². The molecule has 0 N–H and O–H groups in total. The Hall–Kier alpha value is -5.68. The quantitative estimate of drug-likeness (QED) is 0.107. The van der Waals surface area contributed by atoms with E-state index in [0.29, 0.717) is 47.1 Å². The number of aromatic nitrogens is 2. The average molecular weight is 721 g/mol. The fourth-order valence-electron chi connectivity index (χ4n) is 7.06. The first kappa shape index (κ1) is 37.1. The molecule has 1 aliphatic heterocycles. The molecule has 0 bridgehead atoms. The Morgan fingerprint density at radius 2 is 1.30 bits per heavy atom. The molecule has 0 radical (unpaired) electrons. The van der Waals surface area contributed by atoms with E-state index in [2.05, 4.69) is 50.1 Å². The molecule has 5 aromatic rings. The van der Waals surface area contributed by atoms with Crippen molar-refractivity contribution in [3.8, 4) is 62.6 Å². The highest BCUT2D eigenvalue weighted by Crippen LogP contribution is 2.44. The van der Waals surface area contributed by atoms with Crippen molar-refractivity contribution in [3.05, 3.63) is 96.4 Å². The molecule has 3 aromatic carbocycles. The van der Waals surface area contributed by atoms with Crippen LogP contribution in [0.4, 0.5) is 5.69 Å². The molecule has 11 heteroatoms. The van der Waals surface area contributed by atoms with Crippen LogP contribution in [-0.2, 0) is 13.1 Å². The minimum atomic E-state index is 0.325. The SMILES string of the molecule is COc1ccc(N(Cc2cncc(-c3ccc(OC)c(OC)c3OC)c2)C2CCN(Cc3ccnc(-c4cc(OC)c(OC)c(OC)c4)c3)CC2)cc1. The maximum absolute atomic E-state index is 5.80. The predicted octanol–water partition coefficient (Wildman–Crippen LogP) is 7.54. The maximum atomic E-state index is 5.80. The number of anilines is 1. The van der Waals surface area contributed by atoms with E-state index < -0.39 is 0 Å². The third-order valence-electron chi connectivity index (χ3n) is 9.76. The molecule has 6 rings (SSSR count). The number of rotatable bonds is 15. The van der Waals surface area contributed by atoms with Gasteiger partial charge in [0.25, 0.3) is 0 Å². The summed E-state index contributed by atoms with van der Waals surface area (Å²) in [7, 11) is 11.4. The third-order valence-corrected chi connectivity index (χ3v) is 9.76.